The lowest BCUT2D eigenvalue weighted by atomic mass is 9.96. The molecule has 0 aliphatic heterocycles. The largest absolute Gasteiger partial charge is 0.312 e. The van der Waals surface area contributed by atoms with Gasteiger partial charge in [0.25, 0.3) is 0 Å². The first kappa shape index (κ1) is 19.3. The van der Waals surface area contributed by atoms with Crippen molar-refractivity contribution in [1.29, 1.82) is 0 Å². The maximum atomic E-state index is 4.02. The van der Waals surface area contributed by atoms with E-state index in [1.165, 1.54) is 6.33 Å². The third-order valence-electron chi connectivity index (χ3n) is 2.57. The van der Waals surface area contributed by atoms with Crippen molar-refractivity contribution in [3.63, 3.8) is 0 Å². The molecule has 21 heavy (non-hydrogen) atoms. The molecule has 2 rings (SSSR count). The molecule has 0 saturated heterocycles. The molecule has 0 spiro atoms. The van der Waals surface area contributed by atoms with E-state index in [4.69, 9.17) is 0 Å². The van der Waals surface area contributed by atoms with Crippen molar-refractivity contribution in [3.05, 3.63) is 24.3 Å². The van der Waals surface area contributed by atoms with E-state index in [0.29, 0.717) is 0 Å². The Balaban J connectivity index is 0.000000342. The number of aryl methyl sites for hydroxylation is 1. The second-order valence-corrected chi connectivity index (χ2v) is 6.50. The Kier molecular flexibility index (Phi) is 7.26. The first-order valence-corrected chi connectivity index (χ1v) is 7.35. The van der Waals surface area contributed by atoms with Crippen LogP contribution in [0.3, 0.4) is 0 Å². The number of hydrogen-bond donors (Lipinski definition) is 1. The van der Waals surface area contributed by atoms with Gasteiger partial charge in [-0.3, -0.25) is 5.10 Å². The molecule has 0 aromatic carbocycles. The van der Waals surface area contributed by atoms with Crippen LogP contribution in [0.25, 0.3) is 0 Å². The van der Waals surface area contributed by atoms with Gasteiger partial charge in [-0.15, -0.1) is 10.2 Å². The summed E-state index contributed by atoms with van der Waals surface area (Å²) in [6, 6.07) is 0. The van der Waals surface area contributed by atoms with Crippen molar-refractivity contribution < 1.29 is 0 Å². The van der Waals surface area contributed by atoms with Gasteiger partial charge in [0.15, 0.2) is 0 Å². The third-order valence-corrected chi connectivity index (χ3v) is 2.57. The molecule has 1 N–H and O–H groups in total. The minimum absolute atomic E-state index is 0.0938. The Hall–Kier alpha value is -1.72. The highest BCUT2D eigenvalue weighted by Crippen LogP contribution is 2.15. The quantitative estimate of drug-likeness (QED) is 0.807. The van der Waals surface area contributed by atoms with Crippen LogP contribution in [-0.2, 0) is 11.0 Å². The van der Waals surface area contributed by atoms with Crippen molar-refractivity contribution >= 4 is 0 Å². The summed E-state index contributed by atoms with van der Waals surface area (Å²) >= 11 is 0. The average molecular weight is 294 g/mol. The Morgan fingerprint density at radius 2 is 1.62 bits per heavy atom. The van der Waals surface area contributed by atoms with Crippen LogP contribution in [0.1, 0.15) is 67.0 Å². The normalized spacial score (nSPS) is 11.1. The molecule has 0 bridgehead atoms. The maximum Gasteiger partial charge on any atom is 0.137 e. The fourth-order valence-corrected chi connectivity index (χ4v) is 1.52. The molecule has 2 aromatic rings. The number of hydrogen-bond acceptors (Lipinski definition) is 4. The van der Waals surface area contributed by atoms with E-state index in [-0.39, 0.29) is 11.0 Å². The predicted molar refractivity (Wildman–Crippen MR) is 86.2 cm³/mol. The van der Waals surface area contributed by atoms with Crippen molar-refractivity contribution in [2.24, 2.45) is 0 Å². The summed E-state index contributed by atoms with van der Waals surface area (Å²) in [5.74, 6) is 1.90. The molecule has 6 nitrogen and oxygen atoms in total. The number of nitrogens with one attached hydrogen (secondary N) is 1. The highest BCUT2D eigenvalue weighted by atomic mass is 15.3. The lowest BCUT2D eigenvalue weighted by Gasteiger charge is -2.20. The molecule has 0 unspecified atom stereocenters. The third kappa shape index (κ3) is 6.51. The van der Waals surface area contributed by atoms with E-state index in [0.717, 1.165) is 11.6 Å². The Morgan fingerprint density at radius 1 is 1.05 bits per heavy atom. The molecule has 0 amide bonds. The summed E-state index contributed by atoms with van der Waals surface area (Å²) in [6.07, 6.45) is 3.29. The monoisotopic (exact) mass is 294 g/mol. The second kappa shape index (κ2) is 7.90. The zero-order valence-corrected chi connectivity index (χ0v) is 14.9. The molecule has 0 saturated carbocycles. The van der Waals surface area contributed by atoms with Gasteiger partial charge in [-0.2, -0.15) is 5.10 Å². The lowest BCUT2D eigenvalue weighted by molar-refractivity contribution is 0.387. The van der Waals surface area contributed by atoms with Crippen LogP contribution < -0.4 is 0 Å². The summed E-state index contributed by atoms with van der Waals surface area (Å²) in [5, 5.41) is 14.3. The molecule has 0 aliphatic carbocycles. The van der Waals surface area contributed by atoms with Crippen LogP contribution in [0.15, 0.2) is 12.7 Å². The van der Waals surface area contributed by atoms with Gasteiger partial charge in [0, 0.05) is 11.0 Å². The summed E-state index contributed by atoms with van der Waals surface area (Å²) in [7, 11) is 0. The maximum absolute atomic E-state index is 4.02. The SMILES string of the molecule is CC.CC(C)(C)c1ncn[nH]1.Cc1nncn1C(C)(C)C. The summed E-state index contributed by atoms with van der Waals surface area (Å²) in [5.41, 5.74) is 0.198. The Morgan fingerprint density at radius 3 is 1.81 bits per heavy atom. The molecular weight excluding hydrogens is 264 g/mol. The van der Waals surface area contributed by atoms with Crippen molar-refractivity contribution in [1.82, 2.24) is 29.9 Å². The van der Waals surface area contributed by atoms with Crippen molar-refractivity contribution in [2.75, 3.05) is 0 Å². The molecule has 6 heteroatoms. The van der Waals surface area contributed by atoms with E-state index in [2.05, 4.69) is 66.9 Å². The van der Waals surface area contributed by atoms with Gasteiger partial charge in [-0.1, -0.05) is 34.6 Å². The molecule has 2 heterocycles. The van der Waals surface area contributed by atoms with E-state index >= 15 is 0 Å². The molecule has 0 atom stereocenters. The minimum atomic E-state index is 0.0938. The molecule has 0 radical (unpaired) electrons. The summed E-state index contributed by atoms with van der Waals surface area (Å²) in [4.78, 5) is 4.02. The number of nitrogens with zero attached hydrogens (tertiary/aromatic N) is 5. The van der Waals surface area contributed by atoms with Gasteiger partial charge >= 0.3 is 0 Å². The van der Waals surface area contributed by atoms with Gasteiger partial charge < -0.3 is 4.57 Å². The van der Waals surface area contributed by atoms with Crippen LogP contribution in [0.5, 0.6) is 0 Å². The van der Waals surface area contributed by atoms with Gasteiger partial charge in [0.05, 0.1) is 0 Å². The number of rotatable bonds is 0. The average Bonchev–Trinajstić information content (AvgIpc) is 3.00. The standard InChI is InChI=1S/C7H13N3.C6H11N3.C2H6/c1-6-9-8-5-10(6)7(2,3)4;1-6(2,3)5-7-4-8-9-5;1-2/h5H,1-4H3;4H,1-3H3,(H,7,8,9);1-2H3. The zero-order chi connectivity index (χ0) is 16.7. The van der Waals surface area contributed by atoms with E-state index in [1.807, 2.05) is 25.3 Å². The Bertz CT molecular complexity index is 485. The van der Waals surface area contributed by atoms with Crippen molar-refractivity contribution in [3.8, 4) is 0 Å². The van der Waals surface area contributed by atoms with Gasteiger partial charge in [-0.05, 0) is 27.7 Å². The van der Waals surface area contributed by atoms with E-state index in [9.17, 15) is 0 Å². The Labute approximate surface area is 128 Å². The van der Waals surface area contributed by atoms with Crippen LogP contribution in [0, 0.1) is 6.92 Å². The smallest absolute Gasteiger partial charge is 0.137 e. The van der Waals surface area contributed by atoms with E-state index in [1.54, 1.807) is 6.33 Å². The summed E-state index contributed by atoms with van der Waals surface area (Å²) in [6.45, 7) is 18.6. The topological polar surface area (TPSA) is 72.3 Å². The van der Waals surface area contributed by atoms with Crippen LogP contribution >= 0.6 is 0 Å². The fraction of sp³-hybridized carbons (Fsp3) is 0.733. The van der Waals surface area contributed by atoms with E-state index < -0.39 is 0 Å². The molecule has 0 fully saturated rings. The van der Waals surface area contributed by atoms with Crippen LogP contribution in [-0.4, -0.2) is 29.9 Å². The lowest BCUT2D eigenvalue weighted by Crippen LogP contribution is -2.21. The first-order chi connectivity index (χ1) is 9.62. The van der Waals surface area contributed by atoms with Gasteiger partial charge in [-0.25, -0.2) is 4.98 Å². The number of aromatic nitrogens is 6. The van der Waals surface area contributed by atoms with Crippen molar-refractivity contribution in [2.45, 2.75) is 73.3 Å². The van der Waals surface area contributed by atoms with Gasteiger partial charge in [0.1, 0.15) is 24.3 Å². The van der Waals surface area contributed by atoms with Crippen LogP contribution in [0.2, 0.25) is 0 Å². The molecule has 120 valence electrons. The molecule has 0 aliphatic rings. The second-order valence-electron chi connectivity index (χ2n) is 6.50. The fourth-order valence-electron chi connectivity index (χ4n) is 1.52. The highest BCUT2D eigenvalue weighted by Gasteiger charge is 2.15. The molecular formula is C15H30N6. The van der Waals surface area contributed by atoms with Gasteiger partial charge in [0.2, 0.25) is 0 Å². The zero-order valence-electron chi connectivity index (χ0n) is 14.9. The number of aromatic amines is 1. The summed E-state index contributed by atoms with van der Waals surface area (Å²) < 4.78 is 2.05. The highest BCUT2D eigenvalue weighted by molar-refractivity contribution is 4.97. The minimum Gasteiger partial charge on any atom is -0.312 e. The predicted octanol–water partition coefficient (Wildman–Crippen LogP) is 3.47. The van der Waals surface area contributed by atoms with Crippen LogP contribution in [0.4, 0.5) is 0 Å². The molecule has 2 aromatic heterocycles. The number of H-pyrrole nitrogens is 1. The first-order valence-electron chi connectivity index (χ1n) is 7.35.